The van der Waals surface area contributed by atoms with Crippen LogP contribution in [0.15, 0.2) is 24.5 Å². The van der Waals surface area contributed by atoms with Crippen LogP contribution in [-0.2, 0) is 11.0 Å². The van der Waals surface area contributed by atoms with E-state index in [4.69, 9.17) is 0 Å². The standard InChI is InChI=1S/C16H16F3N5O3/c1-9-4-10(15(26)27)7-23(6-9)14(25)12-8-24(22-21-12)13-3-2-11(5-20-13)16(17,18)19/h2-3,5,8-10H,4,6-7H2,1H3,(H,26,27). The molecule has 27 heavy (non-hydrogen) atoms. The SMILES string of the molecule is CC1CC(C(=O)O)CN(C(=O)c2cn(-c3ccc(C(F)(F)F)cn3)nn2)C1. The van der Waals surface area contributed by atoms with E-state index in [0.29, 0.717) is 19.2 Å². The Balaban J connectivity index is 1.77. The molecule has 2 aromatic rings. The second kappa shape index (κ2) is 6.97. The zero-order valence-corrected chi connectivity index (χ0v) is 14.2. The van der Waals surface area contributed by atoms with E-state index < -0.39 is 29.5 Å². The van der Waals surface area contributed by atoms with Gasteiger partial charge in [-0.3, -0.25) is 9.59 Å². The van der Waals surface area contributed by atoms with Crippen molar-refractivity contribution < 1.29 is 27.9 Å². The Hall–Kier alpha value is -2.98. The molecule has 2 aromatic heterocycles. The number of rotatable bonds is 3. The van der Waals surface area contributed by atoms with Gasteiger partial charge < -0.3 is 10.0 Å². The number of alkyl halides is 3. The maximum Gasteiger partial charge on any atom is 0.417 e. The average molecular weight is 383 g/mol. The summed E-state index contributed by atoms with van der Waals surface area (Å²) in [5, 5.41) is 16.7. The molecule has 3 rings (SSSR count). The van der Waals surface area contributed by atoms with Crippen LogP contribution in [0.3, 0.4) is 0 Å². The third-order valence-corrected chi connectivity index (χ3v) is 4.32. The molecule has 1 aliphatic heterocycles. The normalized spacial score (nSPS) is 20.5. The van der Waals surface area contributed by atoms with Crippen LogP contribution in [0.1, 0.15) is 29.4 Å². The number of carboxylic acids is 1. The first kappa shape index (κ1) is 18.8. The van der Waals surface area contributed by atoms with Crippen molar-refractivity contribution in [3.63, 3.8) is 0 Å². The molecule has 1 amide bonds. The number of halogens is 3. The third-order valence-electron chi connectivity index (χ3n) is 4.32. The highest BCUT2D eigenvalue weighted by atomic mass is 19.4. The second-order valence-corrected chi connectivity index (χ2v) is 6.54. The summed E-state index contributed by atoms with van der Waals surface area (Å²) < 4.78 is 38.9. The smallest absolute Gasteiger partial charge is 0.417 e. The first-order valence-corrected chi connectivity index (χ1v) is 8.13. The molecule has 1 fully saturated rings. The predicted octanol–water partition coefficient (Wildman–Crippen LogP) is 1.86. The van der Waals surface area contributed by atoms with E-state index in [9.17, 15) is 27.9 Å². The van der Waals surface area contributed by atoms with Gasteiger partial charge >= 0.3 is 12.1 Å². The van der Waals surface area contributed by atoms with Crippen LogP contribution < -0.4 is 0 Å². The number of aliphatic carboxylic acids is 1. The summed E-state index contributed by atoms with van der Waals surface area (Å²) in [6.07, 6.45) is -2.09. The number of carbonyl (C=O) groups excluding carboxylic acids is 1. The summed E-state index contributed by atoms with van der Waals surface area (Å²) >= 11 is 0. The van der Waals surface area contributed by atoms with Crippen molar-refractivity contribution in [3.05, 3.63) is 35.8 Å². The number of likely N-dealkylation sites (tertiary alicyclic amines) is 1. The molecule has 0 saturated carbocycles. The zero-order chi connectivity index (χ0) is 19.8. The van der Waals surface area contributed by atoms with Gasteiger partial charge in [-0.05, 0) is 24.5 Å². The Kier molecular flexibility index (Phi) is 4.85. The average Bonchev–Trinajstić information content (AvgIpc) is 3.10. The lowest BCUT2D eigenvalue weighted by molar-refractivity contribution is -0.144. The van der Waals surface area contributed by atoms with Crippen LogP contribution in [0.5, 0.6) is 0 Å². The minimum atomic E-state index is -4.50. The topological polar surface area (TPSA) is 101 Å². The van der Waals surface area contributed by atoms with E-state index in [-0.39, 0.29) is 24.0 Å². The first-order chi connectivity index (χ1) is 12.6. The summed E-state index contributed by atoms with van der Waals surface area (Å²) in [5.41, 5.74) is -0.931. The molecular weight excluding hydrogens is 367 g/mol. The van der Waals surface area contributed by atoms with Gasteiger partial charge in [0.25, 0.3) is 5.91 Å². The number of carboxylic acid groups (broad SMARTS) is 1. The fraction of sp³-hybridized carbons (Fsp3) is 0.438. The number of carbonyl (C=O) groups is 2. The van der Waals surface area contributed by atoms with Gasteiger partial charge in [-0.15, -0.1) is 5.10 Å². The van der Waals surface area contributed by atoms with E-state index in [1.165, 1.54) is 11.1 Å². The van der Waals surface area contributed by atoms with Crippen LogP contribution in [0.2, 0.25) is 0 Å². The van der Waals surface area contributed by atoms with Crippen LogP contribution in [0.4, 0.5) is 13.2 Å². The van der Waals surface area contributed by atoms with Gasteiger partial charge in [-0.1, -0.05) is 12.1 Å². The molecule has 1 saturated heterocycles. The monoisotopic (exact) mass is 383 g/mol. The molecule has 3 heterocycles. The number of piperidine rings is 1. The molecule has 0 spiro atoms. The summed E-state index contributed by atoms with van der Waals surface area (Å²) in [7, 11) is 0. The van der Waals surface area contributed by atoms with E-state index in [1.54, 1.807) is 0 Å². The molecule has 2 atom stereocenters. The molecule has 11 heteroatoms. The fourth-order valence-electron chi connectivity index (χ4n) is 3.02. The molecule has 0 bridgehead atoms. The number of hydrogen-bond acceptors (Lipinski definition) is 5. The van der Waals surface area contributed by atoms with Gasteiger partial charge in [-0.2, -0.15) is 13.2 Å². The molecule has 0 radical (unpaired) electrons. The number of nitrogens with zero attached hydrogens (tertiary/aromatic N) is 5. The van der Waals surface area contributed by atoms with Gasteiger partial charge in [0.2, 0.25) is 0 Å². The minimum Gasteiger partial charge on any atom is -0.481 e. The minimum absolute atomic E-state index is 0.0235. The molecular formula is C16H16F3N5O3. The third kappa shape index (κ3) is 4.07. The van der Waals surface area contributed by atoms with Crippen LogP contribution in [0.25, 0.3) is 5.82 Å². The lowest BCUT2D eigenvalue weighted by Gasteiger charge is -2.34. The van der Waals surface area contributed by atoms with Crippen molar-refractivity contribution in [2.45, 2.75) is 19.5 Å². The number of hydrogen-bond donors (Lipinski definition) is 1. The van der Waals surface area contributed by atoms with Crippen molar-refractivity contribution in [2.24, 2.45) is 11.8 Å². The summed E-state index contributed by atoms with van der Waals surface area (Å²) in [4.78, 5) is 28.9. The summed E-state index contributed by atoms with van der Waals surface area (Å²) in [5.74, 6) is -1.99. The number of pyridine rings is 1. The summed E-state index contributed by atoms with van der Waals surface area (Å²) in [6.45, 7) is 2.33. The number of amides is 1. The van der Waals surface area contributed by atoms with Gasteiger partial charge in [0.1, 0.15) is 0 Å². The fourth-order valence-corrected chi connectivity index (χ4v) is 3.02. The van der Waals surface area contributed by atoms with E-state index in [2.05, 4.69) is 15.3 Å². The van der Waals surface area contributed by atoms with Crippen LogP contribution >= 0.6 is 0 Å². The lowest BCUT2D eigenvalue weighted by Crippen LogP contribution is -2.45. The van der Waals surface area contributed by atoms with Crippen LogP contribution in [0, 0.1) is 11.8 Å². The van der Waals surface area contributed by atoms with Crippen LogP contribution in [-0.4, -0.2) is 55.0 Å². The molecule has 8 nitrogen and oxygen atoms in total. The molecule has 1 aliphatic rings. The maximum absolute atomic E-state index is 12.6. The Labute approximate surface area is 151 Å². The van der Waals surface area contributed by atoms with Crippen molar-refractivity contribution in [2.75, 3.05) is 13.1 Å². The van der Waals surface area contributed by atoms with Gasteiger partial charge in [0, 0.05) is 19.3 Å². The molecule has 2 unspecified atom stereocenters. The Morgan fingerprint density at radius 1 is 1.26 bits per heavy atom. The van der Waals surface area contributed by atoms with Crippen molar-refractivity contribution in [3.8, 4) is 5.82 Å². The quantitative estimate of drug-likeness (QED) is 0.868. The van der Waals surface area contributed by atoms with Gasteiger partial charge in [0.05, 0.1) is 17.7 Å². The Bertz CT molecular complexity index is 850. The predicted molar refractivity (Wildman–Crippen MR) is 85.0 cm³/mol. The molecule has 144 valence electrons. The Morgan fingerprint density at radius 2 is 2.00 bits per heavy atom. The highest BCUT2D eigenvalue weighted by Gasteiger charge is 2.33. The van der Waals surface area contributed by atoms with Crippen molar-refractivity contribution in [1.29, 1.82) is 0 Å². The first-order valence-electron chi connectivity index (χ1n) is 8.13. The summed E-state index contributed by atoms with van der Waals surface area (Å²) in [6, 6.07) is 1.98. The van der Waals surface area contributed by atoms with E-state index in [0.717, 1.165) is 16.8 Å². The maximum atomic E-state index is 12.6. The highest BCUT2D eigenvalue weighted by Crippen LogP contribution is 2.28. The lowest BCUT2D eigenvalue weighted by atomic mass is 9.90. The molecule has 1 N–H and O–H groups in total. The van der Waals surface area contributed by atoms with E-state index >= 15 is 0 Å². The van der Waals surface area contributed by atoms with E-state index in [1.807, 2.05) is 6.92 Å². The largest absolute Gasteiger partial charge is 0.481 e. The second-order valence-electron chi connectivity index (χ2n) is 6.54. The zero-order valence-electron chi connectivity index (χ0n) is 14.2. The molecule has 0 aromatic carbocycles. The Morgan fingerprint density at radius 3 is 2.59 bits per heavy atom. The van der Waals surface area contributed by atoms with Crippen molar-refractivity contribution >= 4 is 11.9 Å². The molecule has 0 aliphatic carbocycles. The van der Waals surface area contributed by atoms with Gasteiger partial charge in [-0.25, -0.2) is 9.67 Å². The number of aromatic nitrogens is 4. The highest BCUT2D eigenvalue weighted by molar-refractivity contribution is 5.92. The van der Waals surface area contributed by atoms with Crippen molar-refractivity contribution in [1.82, 2.24) is 24.9 Å². The van der Waals surface area contributed by atoms with Gasteiger partial charge in [0.15, 0.2) is 11.5 Å².